The normalized spacial score (nSPS) is 15.8. The molecule has 1 fully saturated rings. The predicted octanol–water partition coefficient (Wildman–Crippen LogP) is 3.48. The molecule has 9 heteroatoms. The van der Waals surface area contributed by atoms with Crippen LogP contribution in [-0.4, -0.2) is 43.5 Å². The fourth-order valence-corrected chi connectivity index (χ4v) is 3.72. The number of likely N-dealkylation sites (tertiary alicyclic amines) is 1. The number of benzene rings is 1. The maximum atomic E-state index is 13.4. The van der Waals surface area contributed by atoms with Gasteiger partial charge in [-0.1, -0.05) is 30.3 Å². The summed E-state index contributed by atoms with van der Waals surface area (Å²) in [4.78, 5) is 22.4. The molecular formula is C20H20F3N5O. The van der Waals surface area contributed by atoms with Crippen molar-refractivity contribution in [1.82, 2.24) is 24.5 Å². The number of halogens is 3. The molecule has 6 nitrogen and oxygen atoms in total. The fourth-order valence-electron chi connectivity index (χ4n) is 3.72. The van der Waals surface area contributed by atoms with Gasteiger partial charge in [-0.25, -0.2) is 4.98 Å². The van der Waals surface area contributed by atoms with Gasteiger partial charge in [0.25, 0.3) is 5.78 Å². The van der Waals surface area contributed by atoms with Crippen LogP contribution in [-0.2, 0) is 17.4 Å². The van der Waals surface area contributed by atoms with Gasteiger partial charge < -0.3 is 4.90 Å². The average molecular weight is 403 g/mol. The summed E-state index contributed by atoms with van der Waals surface area (Å²) >= 11 is 0. The van der Waals surface area contributed by atoms with Gasteiger partial charge >= 0.3 is 6.18 Å². The smallest absolute Gasteiger partial charge is 0.343 e. The molecule has 0 saturated carbocycles. The molecule has 0 N–H and O–H groups in total. The van der Waals surface area contributed by atoms with Crippen LogP contribution in [0.3, 0.4) is 0 Å². The molecule has 1 aliphatic heterocycles. The van der Waals surface area contributed by atoms with Crippen LogP contribution in [0.25, 0.3) is 5.78 Å². The van der Waals surface area contributed by atoms with Gasteiger partial charge in [-0.3, -0.25) is 4.79 Å². The first kappa shape index (κ1) is 19.4. The molecule has 3 heterocycles. The molecule has 1 aromatic carbocycles. The van der Waals surface area contributed by atoms with Crippen molar-refractivity contribution in [3.63, 3.8) is 0 Å². The zero-order chi connectivity index (χ0) is 20.4. The summed E-state index contributed by atoms with van der Waals surface area (Å²) in [6.45, 7) is 1.03. The second kappa shape index (κ2) is 7.81. The zero-order valence-electron chi connectivity index (χ0n) is 15.6. The van der Waals surface area contributed by atoms with Gasteiger partial charge in [-0.15, -0.1) is 0 Å². The van der Waals surface area contributed by atoms with Crippen molar-refractivity contribution in [2.75, 3.05) is 13.1 Å². The van der Waals surface area contributed by atoms with E-state index in [1.54, 1.807) is 4.90 Å². The van der Waals surface area contributed by atoms with E-state index >= 15 is 0 Å². The van der Waals surface area contributed by atoms with Crippen molar-refractivity contribution in [2.24, 2.45) is 0 Å². The summed E-state index contributed by atoms with van der Waals surface area (Å²) in [5, 5.41) is 3.62. The Morgan fingerprint density at radius 3 is 2.55 bits per heavy atom. The predicted molar refractivity (Wildman–Crippen MR) is 99.1 cm³/mol. The highest BCUT2D eigenvalue weighted by molar-refractivity contribution is 5.76. The Morgan fingerprint density at radius 2 is 1.86 bits per heavy atom. The van der Waals surface area contributed by atoms with E-state index in [1.165, 1.54) is 0 Å². The molecule has 0 radical (unpaired) electrons. The first-order chi connectivity index (χ1) is 13.9. The molecule has 29 heavy (non-hydrogen) atoms. The van der Waals surface area contributed by atoms with E-state index in [1.807, 2.05) is 30.3 Å². The van der Waals surface area contributed by atoms with Crippen molar-refractivity contribution in [3.05, 3.63) is 59.7 Å². The number of rotatable bonds is 4. The molecule has 1 amide bonds. The largest absolute Gasteiger partial charge is 0.433 e. The van der Waals surface area contributed by atoms with Crippen molar-refractivity contribution >= 4 is 11.7 Å². The SMILES string of the molecule is O=C(CCc1ccccc1)N1CCC(c2cc(C(F)(F)F)n3ncnc3n2)CC1. The van der Waals surface area contributed by atoms with Crippen LogP contribution in [0.5, 0.6) is 0 Å². The van der Waals surface area contributed by atoms with Gasteiger partial charge in [-0.05, 0) is 30.9 Å². The Kier molecular flexibility index (Phi) is 5.21. The highest BCUT2D eigenvalue weighted by atomic mass is 19.4. The standard InChI is InChI=1S/C20H20F3N5O/c21-20(22,23)17-12-16(26-19-24-13-25-28(17)19)15-8-10-27(11-9-15)18(29)7-6-14-4-2-1-3-5-14/h1-5,12-13,15H,6-11H2. The topological polar surface area (TPSA) is 63.4 Å². The molecule has 2 aromatic heterocycles. The van der Waals surface area contributed by atoms with E-state index < -0.39 is 11.9 Å². The summed E-state index contributed by atoms with van der Waals surface area (Å²) in [5.41, 5.74) is 0.590. The molecule has 1 saturated heterocycles. The summed E-state index contributed by atoms with van der Waals surface area (Å²) in [5.74, 6) is -0.128. The van der Waals surface area contributed by atoms with Crippen LogP contribution in [0.2, 0.25) is 0 Å². The van der Waals surface area contributed by atoms with Gasteiger partial charge in [-0.2, -0.15) is 27.8 Å². The molecule has 3 aromatic rings. The Morgan fingerprint density at radius 1 is 1.14 bits per heavy atom. The molecule has 4 rings (SSSR count). The number of hydrogen-bond acceptors (Lipinski definition) is 4. The number of piperidine rings is 1. The minimum Gasteiger partial charge on any atom is -0.343 e. The van der Waals surface area contributed by atoms with Crippen LogP contribution in [0.4, 0.5) is 13.2 Å². The highest BCUT2D eigenvalue weighted by Gasteiger charge is 2.36. The first-order valence-electron chi connectivity index (χ1n) is 9.51. The van der Waals surface area contributed by atoms with Crippen LogP contribution >= 0.6 is 0 Å². The molecule has 0 aliphatic carbocycles. The minimum absolute atomic E-state index is 0.0591. The van der Waals surface area contributed by atoms with Crippen LogP contribution in [0.1, 0.15) is 42.1 Å². The van der Waals surface area contributed by atoms with Crippen LogP contribution < -0.4 is 0 Å². The Balaban J connectivity index is 1.41. The van der Waals surface area contributed by atoms with Crippen LogP contribution in [0, 0.1) is 0 Å². The van der Waals surface area contributed by atoms with E-state index in [4.69, 9.17) is 0 Å². The van der Waals surface area contributed by atoms with E-state index in [0.717, 1.165) is 18.0 Å². The van der Waals surface area contributed by atoms with Crippen molar-refractivity contribution < 1.29 is 18.0 Å². The molecular weight excluding hydrogens is 383 g/mol. The lowest BCUT2D eigenvalue weighted by Crippen LogP contribution is -2.38. The quantitative estimate of drug-likeness (QED) is 0.669. The summed E-state index contributed by atoms with van der Waals surface area (Å²) in [6, 6.07) is 10.9. The van der Waals surface area contributed by atoms with Gasteiger partial charge in [0.1, 0.15) is 6.33 Å². The second-order valence-corrected chi connectivity index (χ2v) is 7.18. The number of aromatic nitrogens is 4. The molecule has 0 bridgehead atoms. The maximum Gasteiger partial charge on any atom is 0.433 e. The second-order valence-electron chi connectivity index (χ2n) is 7.18. The molecule has 1 aliphatic rings. The zero-order valence-corrected chi connectivity index (χ0v) is 15.6. The monoisotopic (exact) mass is 403 g/mol. The lowest BCUT2D eigenvalue weighted by Gasteiger charge is -2.32. The maximum absolute atomic E-state index is 13.4. The van der Waals surface area contributed by atoms with Crippen molar-refractivity contribution in [2.45, 2.75) is 37.8 Å². The summed E-state index contributed by atoms with van der Waals surface area (Å²) < 4.78 is 40.8. The van der Waals surface area contributed by atoms with Crippen LogP contribution in [0.15, 0.2) is 42.7 Å². The number of alkyl halides is 3. The summed E-state index contributed by atoms with van der Waals surface area (Å²) in [7, 11) is 0. The van der Waals surface area contributed by atoms with E-state index in [0.29, 0.717) is 49.0 Å². The van der Waals surface area contributed by atoms with Crippen molar-refractivity contribution in [3.8, 4) is 0 Å². The van der Waals surface area contributed by atoms with Gasteiger partial charge in [0.05, 0.1) is 0 Å². The number of fused-ring (bicyclic) bond motifs is 1. The lowest BCUT2D eigenvalue weighted by atomic mass is 9.92. The average Bonchev–Trinajstić information content (AvgIpc) is 3.20. The fraction of sp³-hybridized carbons (Fsp3) is 0.400. The van der Waals surface area contributed by atoms with Gasteiger partial charge in [0, 0.05) is 31.1 Å². The number of amides is 1. The number of carbonyl (C=O) groups is 1. The Labute approximate surface area is 165 Å². The van der Waals surface area contributed by atoms with Crippen molar-refractivity contribution in [1.29, 1.82) is 0 Å². The first-order valence-corrected chi connectivity index (χ1v) is 9.51. The number of carbonyl (C=O) groups excluding carboxylic acids is 1. The number of hydrogen-bond donors (Lipinski definition) is 0. The third-order valence-corrected chi connectivity index (χ3v) is 5.30. The molecule has 0 spiro atoms. The molecule has 0 unspecified atom stereocenters. The van der Waals surface area contributed by atoms with E-state index in [-0.39, 0.29) is 17.6 Å². The van der Waals surface area contributed by atoms with Gasteiger partial charge in [0.2, 0.25) is 5.91 Å². The molecule has 0 atom stereocenters. The third kappa shape index (κ3) is 4.23. The third-order valence-electron chi connectivity index (χ3n) is 5.30. The lowest BCUT2D eigenvalue weighted by molar-refractivity contribution is -0.142. The Hall–Kier alpha value is -2.97. The van der Waals surface area contributed by atoms with Gasteiger partial charge in [0.15, 0.2) is 5.69 Å². The Bertz CT molecular complexity index is 994. The van der Waals surface area contributed by atoms with E-state index in [2.05, 4.69) is 15.1 Å². The molecule has 152 valence electrons. The summed E-state index contributed by atoms with van der Waals surface area (Å²) in [6.07, 6.45) is -1.22. The number of nitrogens with zero attached hydrogens (tertiary/aromatic N) is 5. The minimum atomic E-state index is -4.54. The van der Waals surface area contributed by atoms with E-state index in [9.17, 15) is 18.0 Å². The highest BCUT2D eigenvalue weighted by Crippen LogP contribution is 2.33. The number of aryl methyl sites for hydroxylation is 1.